The molecule has 0 amide bonds. The van der Waals surface area contributed by atoms with Gasteiger partial charge in [0, 0.05) is 18.1 Å². The van der Waals surface area contributed by atoms with Crippen molar-refractivity contribution in [1.82, 2.24) is 0 Å². The van der Waals surface area contributed by atoms with E-state index in [1.807, 2.05) is 6.07 Å². The molecule has 6 nitrogen and oxygen atoms in total. The van der Waals surface area contributed by atoms with E-state index in [0.717, 1.165) is 0 Å². The molecule has 1 aliphatic heterocycles. The van der Waals surface area contributed by atoms with E-state index in [1.54, 1.807) is 0 Å². The molecule has 0 bridgehead atoms. The summed E-state index contributed by atoms with van der Waals surface area (Å²) < 4.78 is 5.69. The highest BCUT2D eigenvalue weighted by molar-refractivity contribution is 5.53. The van der Waals surface area contributed by atoms with Crippen molar-refractivity contribution in [2.75, 3.05) is 0 Å². The Hall–Kier alpha value is -2.91. The summed E-state index contributed by atoms with van der Waals surface area (Å²) >= 11 is 0. The normalized spacial score (nSPS) is 19.8. The molecule has 1 aliphatic rings. The lowest BCUT2D eigenvalue weighted by Gasteiger charge is -2.31. The lowest BCUT2D eigenvalue weighted by atomic mass is 9.92. The third-order valence-electron chi connectivity index (χ3n) is 3.66. The number of phenols is 3. The predicted molar refractivity (Wildman–Crippen MR) is 75.7 cm³/mol. The Morgan fingerprint density at radius 2 is 1.86 bits per heavy atom. The Balaban J connectivity index is 2.02. The molecule has 22 heavy (non-hydrogen) atoms. The second-order valence-electron chi connectivity index (χ2n) is 5.14. The summed E-state index contributed by atoms with van der Waals surface area (Å²) in [5.74, 6) is -0.356. The van der Waals surface area contributed by atoms with Crippen molar-refractivity contribution >= 4 is 0 Å². The zero-order valence-corrected chi connectivity index (χ0v) is 11.4. The molecule has 0 radical (unpaired) electrons. The maximum absolute atomic E-state index is 10.3. The van der Waals surface area contributed by atoms with Gasteiger partial charge in [0.1, 0.15) is 17.6 Å². The van der Waals surface area contributed by atoms with Gasteiger partial charge in [0.15, 0.2) is 11.5 Å². The molecular weight excluding hydrogens is 286 g/mol. The first-order valence-corrected chi connectivity index (χ1v) is 6.62. The molecule has 1 heterocycles. The van der Waals surface area contributed by atoms with Crippen molar-refractivity contribution in [3.63, 3.8) is 0 Å². The fourth-order valence-electron chi connectivity index (χ4n) is 2.59. The zero-order chi connectivity index (χ0) is 15.9. The van der Waals surface area contributed by atoms with Crippen LogP contribution in [0.15, 0.2) is 30.3 Å². The summed E-state index contributed by atoms with van der Waals surface area (Å²) in [6.07, 6.45) is -1.51. The monoisotopic (exact) mass is 299 g/mol. The van der Waals surface area contributed by atoms with Gasteiger partial charge in [-0.15, -0.1) is 0 Å². The number of nitriles is 1. The minimum Gasteiger partial charge on any atom is -0.508 e. The van der Waals surface area contributed by atoms with Crippen LogP contribution in [0.25, 0.3) is 0 Å². The third-order valence-corrected chi connectivity index (χ3v) is 3.66. The smallest absolute Gasteiger partial charge is 0.157 e. The molecule has 3 rings (SSSR count). The van der Waals surface area contributed by atoms with Gasteiger partial charge in [-0.1, -0.05) is 6.07 Å². The molecule has 0 saturated heterocycles. The van der Waals surface area contributed by atoms with Gasteiger partial charge in [0.25, 0.3) is 0 Å². The van der Waals surface area contributed by atoms with Gasteiger partial charge in [0.05, 0.1) is 17.7 Å². The lowest BCUT2D eigenvalue weighted by Crippen LogP contribution is -2.30. The molecule has 0 saturated carbocycles. The first-order valence-electron chi connectivity index (χ1n) is 6.62. The van der Waals surface area contributed by atoms with Crippen LogP contribution in [0.1, 0.15) is 22.8 Å². The molecular formula is C16H13NO5. The van der Waals surface area contributed by atoms with Crippen LogP contribution in [0.3, 0.4) is 0 Å². The second-order valence-corrected chi connectivity index (χ2v) is 5.14. The van der Waals surface area contributed by atoms with E-state index < -0.39 is 12.2 Å². The summed E-state index contributed by atoms with van der Waals surface area (Å²) in [7, 11) is 0. The van der Waals surface area contributed by atoms with Gasteiger partial charge in [-0.2, -0.15) is 5.26 Å². The number of aliphatic hydroxyl groups is 1. The topological polar surface area (TPSA) is 114 Å². The number of nitrogens with zero attached hydrogens (tertiary/aromatic N) is 1. The van der Waals surface area contributed by atoms with Crippen LogP contribution in [0, 0.1) is 11.3 Å². The number of fused-ring (bicyclic) bond motifs is 1. The number of ether oxygens (including phenoxy) is 1. The molecule has 0 aromatic heterocycles. The van der Waals surface area contributed by atoms with Crippen LogP contribution < -0.4 is 4.74 Å². The van der Waals surface area contributed by atoms with Gasteiger partial charge >= 0.3 is 0 Å². The first-order chi connectivity index (χ1) is 10.5. The van der Waals surface area contributed by atoms with Crippen LogP contribution >= 0.6 is 0 Å². The Morgan fingerprint density at radius 3 is 2.55 bits per heavy atom. The molecule has 0 aliphatic carbocycles. The van der Waals surface area contributed by atoms with Crippen LogP contribution in [0.5, 0.6) is 23.0 Å². The van der Waals surface area contributed by atoms with E-state index in [4.69, 9.17) is 10.00 Å². The molecule has 2 atom stereocenters. The van der Waals surface area contributed by atoms with Gasteiger partial charge in [0.2, 0.25) is 0 Å². The van der Waals surface area contributed by atoms with Gasteiger partial charge in [-0.05, 0) is 23.8 Å². The van der Waals surface area contributed by atoms with Crippen molar-refractivity contribution in [2.45, 2.75) is 18.6 Å². The van der Waals surface area contributed by atoms with Crippen LogP contribution in [0.2, 0.25) is 0 Å². The molecule has 0 fully saturated rings. The predicted octanol–water partition coefficient (Wildman–Crippen LogP) is 1.71. The SMILES string of the molecule is N#Cc1cc(O)cc2c1C[C@H](O)C(c1ccc(O)c(O)c1)O2. The van der Waals surface area contributed by atoms with Crippen LogP contribution in [-0.4, -0.2) is 26.5 Å². The molecule has 6 heteroatoms. The molecule has 0 spiro atoms. The summed E-state index contributed by atoms with van der Waals surface area (Å²) in [5.41, 5.74) is 1.27. The van der Waals surface area contributed by atoms with E-state index in [0.29, 0.717) is 16.9 Å². The highest BCUT2D eigenvalue weighted by atomic mass is 16.5. The van der Waals surface area contributed by atoms with E-state index >= 15 is 0 Å². The lowest BCUT2D eigenvalue weighted by molar-refractivity contribution is 0.0204. The Morgan fingerprint density at radius 1 is 1.09 bits per heavy atom. The molecule has 2 aromatic rings. The quantitative estimate of drug-likeness (QED) is 0.596. The number of aromatic hydroxyl groups is 3. The van der Waals surface area contributed by atoms with Crippen molar-refractivity contribution in [3.05, 3.63) is 47.0 Å². The summed E-state index contributed by atoms with van der Waals surface area (Å²) in [4.78, 5) is 0. The molecule has 4 N–H and O–H groups in total. The van der Waals surface area contributed by atoms with Crippen molar-refractivity contribution in [3.8, 4) is 29.1 Å². The fourth-order valence-corrected chi connectivity index (χ4v) is 2.59. The van der Waals surface area contributed by atoms with Crippen molar-refractivity contribution in [2.24, 2.45) is 0 Å². The van der Waals surface area contributed by atoms with Gasteiger partial charge < -0.3 is 25.2 Å². The summed E-state index contributed by atoms with van der Waals surface area (Å²) in [5, 5.41) is 47.9. The number of rotatable bonds is 1. The summed E-state index contributed by atoms with van der Waals surface area (Å²) in [6, 6.07) is 8.81. The van der Waals surface area contributed by atoms with Crippen LogP contribution in [0.4, 0.5) is 0 Å². The summed E-state index contributed by atoms with van der Waals surface area (Å²) in [6.45, 7) is 0. The average Bonchev–Trinajstić information content (AvgIpc) is 2.49. The van der Waals surface area contributed by atoms with Crippen molar-refractivity contribution in [1.29, 1.82) is 5.26 Å². The number of phenolic OH excluding ortho intramolecular Hbond substituents is 3. The first kappa shape index (κ1) is 14.0. The Labute approximate surface area is 126 Å². The molecule has 112 valence electrons. The Kier molecular flexibility index (Phi) is 3.28. The maximum atomic E-state index is 10.3. The highest BCUT2D eigenvalue weighted by Crippen LogP contribution is 2.40. The zero-order valence-electron chi connectivity index (χ0n) is 11.4. The van der Waals surface area contributed by atoms with E-state index in [9.17, 15) is 20.4 Å². The standard InChI is InChI=1S/C16H13NO5/c17-7-9-3-10(18)5-15-11(9)6-14(21)16(22-15)8-1-2-12(19)13(20)4-8/h1-5,14,16,18-21H,6H2/t14-,16?/m0/s1. The molecule has 1 unspecified atom stereocenters. The van der Waals surface area contributed by atoms with E-state index in [2.05, 4.69) is 0 Å². The average molecular weight is 299 g/mol. The Bertz CT molecular complexity index is 781. The second kappa shape index (κ2) is 5.13. The van der Waals surface area contributed by atoms with E-state index in [1.165, 1.54) is 30.3 Å². The number of aliphatic hydroxyl groups excluding tert-OH is 1. The van der Waals surface area contributed by atoms with Crippen molar-refractivity contribution < 1.29 is 25.2 Å². The number of hydrogen-bond donors (Lipinski definition) is 4. The van der Waals surface area contributed by atoms with Crippen LogP contribution in [-0.2, 0) is 6.42 Å². The van der Waals surface area contributed by atoms with E-state index in [-0.39, 0.29) is 29.2 Å². The molecule has 2 aromatic carbocycles. The van der Waals surface area contributed by atoms with Gasteiger partial charge in [-0.25, -0.2) is 0 Å². The fraction of sp³-hybridized carbons (Fsp3) is 0.188. The maximum Gasteiger partial charge on any atom is 0.157 e. The van der Waals surface area contributed by atoms with Gasteiger partial charge in [-0.3, -0.25) is 0 Å². The highest BCUT2D eigenvalue weighted by Gasteiger charge is 2.32. The minimum atomic E-state index is -0.923. The largest absolute Gasteiger partial charge is 0.508 e. The number of hydrogen-bond acceptors (Lipinski definition) is 6. The minimum absolute atomic E-state index is 0.0982. The third kappa shape index (κ3) is 2.28. The number of benzene rings is 2.